The van der Waals surface area contributed by atoms with Crippen molar-refractivity contribution >= 4 is 21.7 Å². The Bertz CT molecular complexity index is 504. The van der Waals surface area contributed by atoms with Gasteiger partial charge in [0.05, 0.1) is 16.9 Å². The summed E-state index contributed by atoms with van der Waals surface area (Å²) in [5.41, 5.74) is 5.38. The molecule has 82 valence electrons. The van der Waals surface area contributed by atoms with Gasteiger partial charge in [-0.2, -0.15) is 0 Å². The summed E-state index contributed by atoms with van der Waals surface area (Å²) < 4.78 is 18.6. The fraction of sp³-hybridized carbons (Fsp3) is 0. The highest BCUT2D eigenvalue weighted by molar-refractivity contribution is 9.10. The van der Waals surface area contributed by atoms with Crippen LogP contribution < -0.4 is 10.5 Å². The number of nitrogen functional groups attached to an aromatic ring is 1. The Kier molecular flexibility index (Phi) is 3.00. The molecule has 1 aromatic heterocycles. The zero-order valence-electron chi connectivity index (χ0n) is 8.02. The van der Waals surface area contributed by atoms with Gasteiger partial charge in [0.1, 0.15) is 17.4 Å². The zero-order valence-corrected chi connectivity index (χ0v) is 9.61. The van der Waals surface area contributed by atoms with Gasteiger partial charge in [-0.05, 0) is 34.1 Å². The van der Waals surface area contributed by atoms with Crippen molar-refractivity contribution in [2.75, 3.05) is 5.73 Å². The van der Waals surface area contributed by atoms with Crippen LogP contribution in [-0.2, 0) is 0 Å². The second kappa shape index (κ2) is 4.44. The van der Waals surface area contributed by atoms with Crippen molar-refractivity contribution < 1.29 is 9.13 Å². The van der Waals surface area contributed by atoms with Crippen molar-refractivity contribution in [3.05, 3.63) is 40.9 Å². The van der Waals surface area contributed by atoms with Crippen LogP contribution in [0.25, 0.3) is 0 Å². The van der Waals surface area contributed by atoms with E-state index < -0.39 is 0 Å². The van der Waals surface area contributed by atoms with E-state index in [1.807, 2.05) is 0 Å². The number of ether oxygens (including phenoxy) is 1. The second-order valence-electron chi connectivity index (χ2n) is 2.96. The quantitative estimate of drug-likeness (QED) is 0.921. The molecule has 0 saturated heterocycles. The smallest absolute Gasteiger partial charge is 0.237 e. The fourth-order valence-electron chi connectivity index (χ4n) is 1.04. The molecule has 1 aromatic carbocycles. The summed E-state index contributed by atoms with van der Waals surface area (Å²) in [6, 6.07) is 4.30. The molecule has 16 heavy (non-hydrogen) atoms. The van der Waals surface area contributed by atoms with E-state index in [1.165, 1.54) is 30.6 Å². The summed E-state index contributed by atoms with van der Waals surface area (Å²) in [6.45, 7) is 0. The Morgan fingerprint density at radius 2 is 2.06 bits per heavy atom. The van der Waals surface area contributed by atoms with Crippen LogP contribution in [0.1, 0.15) is 0 Å². The summed E-state index contributed by atoms with van der Waals surface area (Å²) >= 11 is 3.06. The third-order valence-electron chi connectivity index (χ3n) is 1.76. The molecule has 6 heteroatoms. The first kappa shape index (κ1) is 10.8. The van der Waals surface area contributed by atoms with E-state index in [1.54, 1.807) is 0 Å². The first-order chi connectivity index (χ1) is 7.65. The van der Waals surface area contributed by atoms with Gasteiger partial charge in [-0.25, -0.2) is 14.4 Å². The van der Waals surface area contributed by atoms with Gasteiger partial charge in [0, 0.05) is 0 Å². The van der Waals surface area contributed by atoms with Crippen molar-refractivity contribution in [2.24, 2.45) is 0 Å². The van der Waals surface area contributed by atoms with Crippen molar-refractivity contribution in [1.82, 2.24) is 9.97 Å². The topological polar surface area (TPSA) is 61.0 Å². The predicted octanol–water partition coefficient (Wildman–Crippen LogP) is 2.75. The number of rotatable bonds is 2. The molecule has 0 unspecified atom stereocenters. The van der Waals surface area contributed by atoms with Gasteiger partial charge < -0.3 is 10.5 Å². The van der Waals surface area contributed by atoms with Crippen LogP contribution in [0.3, 0.4) is 0 Å². The van der Waals surface area contributed by atoms with E-state index in [-0.39, 0.29) is 5.82 Å². The predicted molar refractivity (Wildman–Crippen MR) is 60.6 cm³/mol. The molecule has 1 heterocycles. The van der Waals surface area contributed by atoms with Gasteiger partial charge in [-0.15, -0.1) is 0 Å². The number of hydrogen-bond donors (Lipinski definition) is 1. The van der Waals surface area contributed by atoms with Crippen LogP contribution >= 0.6 is 15.9 Å². The lowest BCUT2D eigenvalue weighted by atomic mass is 10.3. The molecule has 0 saturated carbocycles. The minimum Gasteiger partial charge on any atom is -0.437 e. The van der Waals surface area contributed by atoms with Gasteiger partial charge in [0.25, 0.3) is 0 Å². The van der Waals surface area contributed by atoms with E-state index in [9.17, 15) is 4.39 Å². The molecule has 2 rings (SSSR count). The lowest BCUT2D eigenvalue weighted by Gasteiger charge is -2.04. The summed E-state index contributed by atoms with van der Waals surface area (Å²) in [6.07, 6.45) is 2.78. The molecule has 0 aliphatic heterocycles. The van der Waals surface area contributed by atoms with E-state index in [2.05, 4.69) is 25.9 Å². The number of aromatic nitrogens is 2. The molecule has 0 radical (unpaired) electrons. The van der Waals surface area contributed by atoms with Crippen molar-refractivity contribution in [1.29, 1.82) is 0 Å². The first-order valence-electron chi connectivity index (χ1n) is 4.35. The number of nitrogens with two attached hydrogens (primary N) is 1. The van der Waals surface area contributed by atoms with Crippen LogP contribution in [0, 0.1) is 5.82 Å². The maximum Gasteiger partial charge on any atom is 0.237 e. The van der Waals surface area contributed by atoms with Gasteiger partial charge in [-0.1, -0.05) is 0 Å². The number of anilines is 1. The minimum absolute atomic E-state index is 0.299. The molecule has 0 aliphatic carbocycles. The summed E-state index contributed by atoms with van der Waals surface area (Å²) in [5, 5.41) is 0. The van der Waals surface area contributed by atoms with E-state index in [0.29, 0.717) is 21.9 Å². The third-order valence-corrected chi connectivity index (χ3v) is 2.37. The maximum absolute atomic E-state index is 12.9. The highest BCUT2D eigenvalue weighted by atomic mass is 79.9. The normalized spacial score (nSPS) is 10.1. The van der Waals surface area contributed by atoms with Crippen molar-refractivity contribution in [2.45, 2.75) is 0 Å². The average Bonchev–Trinajstić information content (AvgIpc) is 2.27. The van der Waals surface area contributed by atoms with Crippen LogP contribution in [0.4, 0.5) is 10.2 Å². The summed E-state index contributed by atoms with van der Waals surface area (Å²) in [5.74, 6) is 0.725. The molecule has 0 fully saturated rings. The van der Waals surface area contributed by atoms with Crippen LogP contribution in [-0.4, -0.2) is 9.97 Å². The molecule has 0 bridgehead atoms. The van der Waals surface area contributed by atoms with Gasteiger partial charge in [-0.3, -0.25) is 0 Å². The van der Waals surface area contributed by atoms with Crippen molar-refractivity contribution in [3.8, 4) is 11.6 Å². The maximum atomic E-state index is 12.9. The summed E-state index contributed by atoms with van der Waals surface area (Å²) in [4.78, 5) is 7.73. The monoisotopic (exact) mass is 283 g/mol. The van der Waals surface area contributed by atoms with Crippen molar-refractivity contribution in [3.63, 3.8) is 0 Å². The Labute approximate surface area is 99.4 Å². The standard InChI is InChI=1S/C10H7BrFN3O/c11-7-3-6(1-2-8(7)12)16-10-5-14-9(13)4-15-10/h1-5H,(H2,13,14). The Hall–Kier alpha value is -1.69. The van der Waals surface area contributed by atoms with Crippen LogP contribution in [0.15, 0.2) is 35.1 Å². The Morgan fingerprint density at radius 1 is 1.25 bits per heavy atom. The van der Waals surface area contributed by atoms with Gasteiger partial charge in [0.15, 0.2) is 0 Å². The number of benzene rings is 1. The SMILES string of the molecule is Nc1cnc(Oc2ccc(F)c(Br)c2)cn1. The third kappa shape index (κ3) is 2.46. The number of hydrogen-bond acceptors (Lipinski definition) is 4. The zero-order chi connectivity index (χ0) is 11.5. The van der Waals surface area contributed by atoms with Gasteiger partial charge in [0.2, 0.25) is 5.88 Å². The molecule has 4 nitrogen and oxygen atoms in total. The largest absolute Gasteiger partial charge is 0.437 e. The molecular formula is C10H7BrFN3O. The Balaban J connectivity index is 2.20. The molecule has 0 aliphatic rings. The van der Waals surface area contributed by atoms with E-state index in [4.69, 9.17) is 10.5 Å². The molecule has 2 N–H and O–H groups in total. The highest BCUT2D eigenvalue weighted by Gasteiger charge is 2.03. The van der Waals surface area contributed by atoms with Gasteiger partial charge >= 0.3 is 0 Å². The molecular weight excluding hydrogens is 277 g/mol. The minimum atomic E-state index is -0.351. The lowest BCUT2D eigenvalue weighted by molar-refractivity contribution is 0.458. The fourth-order valence-corrected chi connectivity index (χ4v) is 1.40. The van der Waals surface area contributed by atoms with Crippen LogP contribution in [0.5, 0.6) is 11.6 Å². The second-order valence-corrected chi connectivity index (χ2v) is 3.81. The summed E-state index contributed by atoms with van der Waals surface area (Å²) in [7, 11) is 0. The van der Waals surface area contributed by atoms with E-state index in [0.717, 1.165) is 0 Å². The average molecular weight is 284 g/mol. The highest BCUT2D eigenvalue weighted by Crippen LogP contribution is 2.24. The number of nitrogens with zero attached hydrogens (tertiary/aromatic N) is 2. The lowest BCUT2D eigenvalue weighted by Crippen LogP contribution is -1.93. The molecule has 2 aromatic rings. The first-order valence-corrected chi connectivity index (χ1v) is 5.15. The Morgan fingerprint density at radius 3 is 2.69 bits per heavy atom. The molecule has 0 amide bonds. The molecule has 0 atom stereocenters. The van der Waals surface area contributed by atoms with E-state index >= 15 is 0 Å². The van der Waals surface area contributed by atoms with Crippen LogP contribution in [0.2, 0.25) is 0 Å². The number of halogens is 2. The molecule has 0 spiro atoms.